The molecule has 3 nitrogen and oxygen atoms in total. The fraction of sp³-hybridized carbons (Fsp3) is 0.700. The maximum Gasteiger partial charge on any atom is 0.330 e. The van der Waals surface area contributed by atoms with E-state index in [4.69, 9.17) is 5.11 Å². The monoisotopic (exact) mass is 186 g/mol. The fourth-order valence-corrected chi connectivity index (χ4v) is 0.751. The molecule has 0 aromatic rings. The van der Waals surface area contributed by atoms with E-state index in [-0.39, 0.29) is 0 Å². The number of nitrogens with zero attached hydrogens (tertiary/aromatic N) is 1. The summed E-state index contributed by atoms with van der Waals surface area (Å²) in [6.45, 7) is 3.75. The van der Waals surface area contributed by atoms with E-state index in [1.807, 2.05) is 0 Å². The van der Waals surface area contributed by atoms with Gasteiger partial charge in [-0.15, -0.1) is 0 Å². The van der Waals surface area contributed by atoms with Crippen molar-refractivity contribution in [2.24, 2.45) is 0 Å². The zero-order valence-electron chi connectivity index (χ0n) is 9.16. The Balaban J connectivity index is 4.17. The van der Waals surface area contributed by atoms with E-state index in [1.165, 1.54) is 0 Å². The van der Waals surface area contributed by atoms with Crippen LogP contribution >= 0.6 is 0 Å². The highest BCUT2D eigenvalue weighted by Gasteiger charge is 2.16. The largest absolute Gasteiger partial charge is 0.478 e. The molecule has 1 atom stereocenters. The summed E-state index contributed by atoms with van der Waals surface area (Å²) >= 11 is 0. The standard InChI is InChI=1S/C10H19NO2/c1-8(10(12)13)6-7-9(2)11(3,4)5/h6,9H,7H2,1-5H3/p+1. The molecule has 0 fully saturated rings. The first kappa shape index (κ1) is 12.2. The van der Waals surface area contributed by atoms with Crippen LogP contribution < -0.4 is 0 Å². The van der Waals surface area contributed by atoms with Crippen LogP contribution in [0, 0.1) is 0 Å². The molecule has 0 aliphatic heterocycles. The molecule has 0 bridgehead atoms. The Kier molecular flexibility index (Phi) is 4.14. The van der Waals surface area contributed by atoms with Crippen molar-refractivity contribution in [3.63, 3.8) is 0 Å². The lowest BCUT2D eigenvalue weighted by atomic mass is 10.1. The zero-order valence-corrected chi connectivity index (χ0v) is 9.16. The quantitative estimate of drug-likeness (QED) is 0.533. The van der Waals surface area contributed by atoms with Gasteiger partial charge in [0.25, 0.3) is 0 Å². The van der Waals surface area contributed by atoms with Gasteiger partial charge in [0.2, 0.25) is 0 Å². The van der Waals surface area contributed by atoms with Gasteiger partial charge in [0.1, 0.15) is 0 Å². The number of carbonyl (C=O) groups is 1. The molecule has 0 aromatic carbocycles. The van der Waals surface area contributed by atoms with Crippen LogP contribution in [0.4, 0.5) is 0 Å². The topological polar surface area (TPSA) is 37.3 Å². The molecular formula is C10H20NO2+. The van der Waals surface area contributed by atoms with E-state index >= 15 is 0 Å². The lowest BCUT2D eigenvalue weighted by molar-refractivity contribution is -0.893. The number of carboxylic acids is 1. The van der Waals surface area contributed by atoms with E-state index in [1.54, 1.807) is 13.0 Å². The van der Waals surface area contributed by atoms with Crippen LogP contribution in [0.1, 0.15) is 20.3 Å². The Bertz CT molecular complexity index is 213. The summed E-state index contributed by atoms with van der Waals surface area (Å²) in [7, 11) is 6.32. The van der Waals surface area contributed by atoms with Gasteiger partial charge in [-0.2, -0.15) is 0 Å². The van der Waals surface area contributed by atoms with Crippen molar-refractivity contribution in [1.82, 2.24) is 0 Å². The summed E-state index contributed by atoms with van der Waals surface area (Å²) in [6, 6.07) is 0.439. The highest BCUT2D eigenvalue weighted by atomic mass is 16.4. The van der Waals surface area contributed by atoms with Gasteiger partial charge < -0.3 is 9.59 Å². The van der Waals surface area contributed by atoms with Gasteiger partial charge >= 0.3 is 5.97 Å². The summed E-state index contributed by atoms with van der Waals surface area (Å²) in [5, 5.41) is 8.62. The Labute approximate surface area is 80.3 Å². The van der Waals surface area contributed by atoms with Crippen molar-refractivity contribution in [3.8, 4) is 0 Å². The molecule has 0 rings (SSSR count). The van der Waals surface area contributed by atoms with Gasteiger partial charge in [0, 0.05) is 12.0 Å². The molecule has 76 valence electrons. The summed E-state index contributed by atoms with van der Waals surface area (Å²) < 4.78 is 0.851. The lowest BCUT2D eigenvalue weighted by Crippen LogP contribution is -2.42. The minimum absolute atomic E-state index is 0.431. The van der Waals surface area contributed by atoms with Crippen molar-refractivity contribution in [3.05, 3.63) is 11.6 Å². The zero-order chi connectivity index (χ0) is 10.6. The third kappa shape index (κ3) is 4.68. The van der Waals surface area contributed by atoms with Crippen molar-refractivity contribution < 1.29 is 14.4 Å². The van der Waals surface area contributed by atoms with E-state index in [9.17, 15) is 4.79 Å². The van der Waals surface area contributed by atoms with E-state index < -0.39 is 5.97 Å². The van der Waals surface area contributed by atoms with Crippen LogP contribution in [-0.2, 0) is 4.79 Å². The first-order valence-corrected chi connectivity index (χ1v) is 4.46. The van der Waals surface area contributed by atoms with Gasteiger partial charge in [-0.25, -0.2) is 4.79 Å². The average molecular weight is 186 g/mol. The normalized spacial score (nSPS) is 15.6. The molecule has 13 heavy (non-hydrogen) atoms. The summed E-state index contributed by atoms with van der Waals surface area (Å²) in [4.78, 5) is 10.5. The second kappa shape index (κ2) is 4.42. The molecule has 0 aliphatic carbocycles. The number of aliphatic carboxylic acids is 1. The molecule has 0 radical (unpaired) electrons. The van der Waals surface area contributed by atoms with Crippen LogP contribution in [-0.4, -0.2) is 42.7 Å². The number of quaternary nitrogens is 1. The first-order chi connectivity index (χ1) is 5.75. The number of hydrogen-bond donors (Lipinski definition) is 1. The van der Waals surface area contributed by atoms with Crippen LogP contribution in [0.3, 0.4) is 0 Å². The third-order valence-corrected chi connectivity index (χ3v) is 2.42. The maximum absolute atomic E-state index is 10.5. The minimum atomic E-state index is -0.825. The van der Waals surface area contributed by atoms with E-state index in [2.05, 4.69) is 28.1 Å². The van der Waals surface area contributed by atoms with Crippen LogP contribution in [0.2, 0.25) is 0 Å². The maximum atomic E-state index is 10.5. The number of rotatable bonds is 4. The molecule has 0 spiro atoms. The Morgan fingerprint density at radius 2 is 1.92 bits per heavy atom. The van der Waals surface area contributed by atoms with Crippen molar-refractivity contribution >= 4 is 5.97 Å². The van der Waals surface area contributed by atoms with Gasteiger partial charge in [-0.3, -0.25) is 0 Å². The van der Waals surface area contributed by atoms with Gasteiger partial charge in [-0.1, -0.05) is 6.08 Å². The van der Waals surface area contributed by atoms with Crippen LogP contribution in [0.25, 0.3) is 0 Å². The predicted molar refractivity (Wildman–Crippen MR) is 53.5 cm³/mol. The highest BCUT2D eigenvalue weighted by Crippen LogP contribution is 2.08. The second-order valence-corrected chi connectivity index (χ2v) is 4.39. The molecule has 0 saturated heterocycles. The molecule has 1 unspecified atom stereocenters. The van der Waals surface area contributed by atoms with Crippen molar-refractivity contribution in [1.29, 1.82) is 0 Å². The van der Waals surface area contributed by atoms with Crippen molar-refractivity contribution in [2.75, 3.05) is 21.1 Å². The first-order valence-electron chi connectivity index (χ1n) is 4.46. The fourth-order valence-electron chi connectivity index (χ4n) is 0.751. The summed E-state index contributed by atoms with van der Waals surface area (Å²) in [5.74, 6) is -0.825. The lowest BCUT2D eigenvalue weighted by Gasteiger charge is -2.30. The Hall–Kier alpha value is -0.830. The predicted octanol–water partition coefficient (Wildman–Crippen LogP) is 1.50. The molecule has 0 saturated carbocycles. The average Bonchev–Trinajstić information content (AvgIpc) is 1.97. The molecular weight excluding hydrogens is 166 g/mol. The second-order valence-electron chi connectivity index (χ2n) is 4.39. The number of carboxylic acid groups (broad SMARTS) is 1. The Morgan fingerprint density at radius 1 is 1.46 bits per heavy atom. The smallest absolute Gasteiger partial charge is 0.330 e. The van der Waals surface area contributed by atoms with Gasteiger partial charge in [0.15, 0.2) is 0 Å². The molecule has 0 aliphatic rings. The SMILES string of the molecule is CC(=CCC(C)[N+](C)(C)C)C(=O)O. The Morgan fingerprint density at radius 3 is 2.23 bits per heavy atom. The summed E-state index contributed by atoms with van der Waals surface area (Å²) in [6.07, 6.45) is 2.60. The summed E-state index contributed by atoms with van der Waals surface area (Å²) in [5.41, 5.74) is 0.431. The van der Waals surface area contributed by atoms with E-state index in [0.717, 1.165) is 10.9 Å². The molecule has 1 N–H and O–H groups in total. The highest BCUT2D eigenvalue weighted by molar-refractivity contribution is 5.85. The molecule has 0 aromatic heterocycles. The van der Waals surface area contributed by atoms with Crippen LogP contribution in [0.15, 0.2) is 11.6 Å². The minimum Gasteiger partial charge on any atom is -0.478 e. The van der Waals surface area contributed by atoms with E-state index in [0.29, 0.717) is 11.6 Å². The number of hydrogen-bond acceptors (Lipinski definition) is 1. The van der Waals surface area contributed by atoms with Gasteiger partial charge in [0.05, 0.1) is 27.2 Å². The molecule has 0 amide bonds. The van der Waals surface area contributed by atoms with Crippen molar-refractivity contribution in [2.45, 2.75) is 26.3 Å². The molecule has 3 heteroatoms. The third-order valence-electron chi connectivity index (χ3n) is 2.42. The van der Waals surface area contributed by atoms with Gasteiger partial charge in [-0.05, 0) is 13.8 Å². The van der Waals surface area contributed by atoms with Crippen LogP contribution in [0.5, 0.6) is 0 Å². The molecule has 0 heterocycles.